The van der Waals surface area contributed by atoms with Crippen molar-refractivity contribution in [2.24, 2.45) is 5.92 Å². The third kappa shape index (κ3) is 3.70. The molecule has 25 heavy (non-hydrogen) atoms. The van der Waals surface area contributed by atoms with Crippen LogP contribution >= 0.6 is 0 Å². The van der Waals surface area contributed by atoms with E-state index in [4.69, 9.17) is 4.74 Å². The summed E-state index contributed by atoms with van der Waals surface area (Å²) in [4.78, 5) is 17.7. The summed E-state index contributed by atoms with van der Waals surface area (Å²) in [5, 5.41) is 2.19. The molecule has 0 N–H and O–H groups in total. The molecule has 1 atom stereocenters. The Morgan fingerprint density at radius 3 is 2.72 bits per heavy atom. The fraction of sp³-hybridized carbons (Fsp3) is 0.476. The van der Waals surface area contributed by atoms with Crippen LogP contribution < -0.4 is 0 Å². The SMILES string of the molecule is O=C(c1cccc2ccccc12)N1CCCC(CN2CCOCC2)C1. The van der Waals surface area contributed by atoms with Gasteiger partial charge in [0.25, 0.3) is 5.91 Å². The lowest BCUT2D eigenvalue weighted by Crippen LogP contribution is -2.46. The lowest BCUT2D eigenvalue weighted by Gasteiger charge is -2.37. The van der Waals surface area contributed by atoms with E-state index in [0.29, 0.717) is 5.92 Å². The number of hydrogen-bond acceptors (Lipinski definition) is 3. The Bertz CT molecular complexity index is 734. The van der Waals surface area contributed by atoms with Crippen LogP contribution in [0.5, 0.6) is 0 Å². The van der Waals surface area contributed by atoms with Crippen molar-refractivity contribution in [3.05, 3.63) is 48.0 Å². The minimum absolute atomic E-state index is 0.184. The maximum absolute atomic E-state index is 13.1. The average molecular weight is 338 g/mol. The summed E-state index contributed by atoms with van der Waals surface area (Å²) in [6.07, 6.45) is 2.32. The van der Waals surface area contributed by atoms with Crippen molar-refractivity contribution in [1.82, 2.24) is 9.80 Å². The first-order valence-corrected chi connectivity index (χ1v) is 9.38. The molecule has 1 unspecified atom stereocenters. The van der Waals surface area contributed by atoms with Gasteiger partial charge in [0.05, 0.1) is 13.2 Å². The second-order valence-corrected chi connectivity index (χ2v) is 7.20. The van der Waals surface area contributed by atoms with Crippen LogP contribution in [0.3, 0.4) is 0 Å². The van der Waals surface area contributed by atoms with Gasteiger partial charge in [0.15, 0.2) is 0 Å². The topological polar surface area (TPSA) is 32.8 Å². The van der Waals surface area contributed by atoms with E-state index >= 15 is 0 Å². The molecule has 2 fully saturated rings. The molecule has 2 aromatic carbocycles. The minimum atomic E-state index is 0.184. The van der Waals surface area contributed by atoms with Gasteiger partial charge in [-0.25, -0.2) is 0 Å². The highest BCUT2D eigenvalue weighted by atomic mass is 16.5. The maximum Gasteiger partial charge on any atom is 0.254 e. The number of carbonyl (C=O) groups excluding carboxylic acids is 1. The van der Waals surface area contributed by atoms with E-state index in [1.807, 2.05) is 24.3 Å². The molecule has 4 rings (SSSR count). The van der Waals surface area contributed by atoms with Gasteiger partial charge in [-0.15, -0.1) is 0 Å². The van der Waals surface area contributed by atoms with E-state index in [-0.39, 0.29) is 5.91 Å². The summed E-state index contributed by atoms with van der Waals surface area (Å²) >= 11 is 0. The lowest BCUT2D eigenvalue weighted by atomic mass is 9.95. The molecule has 4 nitrogen and oxygen atoms in total. The highest BCUT2D eigenvalue weighted by Gasteiger charge is 2.27. The predicted molar refractivity (Wildman–Crippen MR) is 99.8 cm³/mol. The van der Waals surface area contributed by atoms with Gasteiger partial charge in [0, 0.05) is 38.3 Å². The van der Waals surface area contributed by atoms with Gasteiger partial charge in [-0.2, -0.15) is 0 Å². The predicted octanol–water partition coefficient (Wildman–Crippen LogP) is 3.02. The van der Waals surface area contributed by atoms with E-state index in [1.165, 1.54) is 6.42 Å². The zero-order valence-corrected chi connectivity index (χ0v) is 14.7. The van der Waals surface area contributed by atoms with Crippen LogP contribution in [0.2, 0.25) is 0 Å². The molecule has 0 saturated carbocycles. The largest absolute Gasteiger partial charge is 0.379 e. The Labute approximate surface area is 149 Å². The van der Waals surface area contributed by atoms with E-state index in [2.05, 4.69) is 28.0 Å². The highest BCUT2D eigenvalue weighted by molar-refractivity contribution is 6.07. The number of benzene rings is 2. The molecule has 2 aliphatic rings. The van der Waals surface area contributed by atoms with Crippen molar-refractivity contribution in [1.29, 1.82) is 0 Å². The Morgan fingerprint density at radius 1 is 1.04 bits per heavy atom. The van der Waals surface area contributed by atoms with Crippen LogP contribution in [0.1, 0.15) is 23.2 Å². The number of fused-ring (bicyclic) bond motifs is 1. The second-order valence-electron chi connectivity index (χ2n) is 7.20. The summed E-state index contributed by atoms with van der Waals surface area (Å²) in [5.74, 6) is 0.759. The Kier molecular flexibility index (Phi) is 4.99. The zero-order chi connectivity index (χ0) is 17.1. The van der Waals surface area contributed by atoms with Crippen LogP contribution in [0, 0.1) is 5.92 Å². The number of hydrogen-bond donors (Lipinski definition) is 0. The van der Waals surface area contributed by atoms with E-state index in [1.54, 1.807) is 0 Å². The zero-order valence-electron chi connectivity index (χ0n) is 14.7. The normalized spacial score (nSPS) is 22.2. The number of nitrogens with zero attached hydrogens (tertiary/aromatic N) is 2. The van der Waals surface area contributed by atoms with E-state index in [9.17, 15) is 4.79 Å². The molecule has 2 saturated heterocycles. The molecule has 2 aliphatic heterocycles. The molecule has 0 aromatic heterocycles. The van der Waals surface area contributed by atoms with Crippen LogP contribution in [0.4, 0.5) is 0 Å². The Balaban J connectivity index is 1.47. The summed E-state index contributed by atoms with van der Waals surface area (Å²) in [6.45, 7) is 6.56. The van der Waals surface area contributed by atoms with Gasteiger partial charge in [0.1, 0.15) is 0 Å². The first kappa shape index (κ1) is 16.6. The molecule has 2 heterocycles. The number of likely N-dealkylation sites (tertiary alicyclic amines) is 1. The van der Waals surface area contributed by atoms with E-state index in [0.717, 1.165) is 68.7 Å². The van der Waals surface area contributed by atoms with Crippen molar-refractivity contribution in [3.63, 3.8) is 0 Å². The van der Waals surface area contributed by atoms with E-state index < -0.39 is 0 Å². The number of rotatable bonds is 3. The van der Waals surface area contributed by atoms with Crippen molar-refractivity contribution < 1.29 is 9.53 Å². The Hall–Kier alpha value is -1.91. The van der Waals surface area contributed by atoms with Gasteiger partial charge in [0.2, 0.25) is 0 Å². The van der Waals surface area contributed by atoms with Crippen molar-refractivity contribution in [2.75, 3.05) is 45.9 Å². The molecule has 0 aliphatic carbocycles. The molecule has 0 spiro atoms. The molecule has 4 heteroatoms. The number of ether oxygens (including phenoxy) is 1. The summed E-state index contributed by atoms with van der Waals surface area (Å²) < 4.78 is 5.44. The van der Waals surface area contributed by atoms with Crippen LogP contribution in [-0.2, 0) is 4.74 Å². The fourth-order valence-corrected chi connectivity index (χ4v) is 4.13. The van der Waals surface area contributed by atoms with Gasteiger partial charge < -0.3 is 9.64 Å². The average Bonchev–Trinajstić information content (AvgIpc) is 2.68. The van der Waals surface area contributed by atoms with Gasteiger partial charge in [-0.1, -0.05) is 36.4 Å². The summed E-state index contributed by atoms with van der Waals surface area (Å²) in [5.41, 5.74) is 0.838. The van der Waals surface area contributed by atoms with Crippen LogP contribution in [0.25, 0.3) is 10.8 Å². The van der Waals surface area contributed by atoms with Crippen LogP contribution in [-0.4, -0.2) is 61.6 Å². The van der Waals surface area contributed by atoms with Crippen molar-refractivity contribution in [3.8, 4) is 0 Å². The summed E-state index contributed by atoms with van der Waals surface area (Å²) in [6, 6.07) is 14.2. The molecular formula is C21H26N2O2. The maximum atomic E-state index is 13.1. The standard InChI is InChI=1S/C21H26N2O2/c24-21(20-9-3-7-18-6-1-2-8-19(18)20)23-10-4-5-17(16-23)15-22-11-13-25-14-12-22/h1-3,6-9,17H,4-5,10-16H2. The molecule has 0 radical (unpaired) electrons. The fourth-order valence-electron chi connectivity index (χ4n) is 4.13. The summed E-state index contributed by atoms with van der Waals surface area (Å²) in [7, 11) is 0. The second kappa shape index (κ2) is 7.54. The number of piperidine rings is 1. The number of carbonyl (C=O) groups is 1. The molecule has 0 bridgehead atoms. The van der Waals surface area contributed by atoms with Crippen LogP contribution in [0.15, 0.2) is 42.5 Å². The highest BCUT2D eigenvalue weighted by Crippen LogP contribution is 2.24. The first-order chi connectivity index (χ1) is 12.3. The quantitative estimate of drug-likeness (QED) is 0.862. The molecule has 2 aromatic rings. The smallest absolute Gasteiger partial charge is 0.254 e. The molecular weight excluding hydrogens is 312 g/mol. The van der Waals surface area contributed by atoms with Gasteiger partial charge in [-0.3, -0.25) is 9.69 Å². The first-order valence-electron chi connectivity index (χ1n) is 9.38. The number of morpholine rings is 1. The number of amides is 1. The minimum Gasteiger partial charge on any atom is -0.379 e. The molecule has 132 valence electrons. The monoisotopic (exact) mass is 338 g/mol. The van der Waals surface area contributed by atoms with Crippen molar-refractivity contribution >= 4 is 16.7 Å². The van der Waals surface area contributed by atoms with Gasteiger partial charge in [-0.05, 0) is 35.6 Å². The Morgan fingerprint density at radius 2 is 1.84 bits per heavy atom. The third-order valence-electron chi connectivity index (χ3n) is 5.45. The lowest BCUT2D eigenvalue weighted by molar-refractivity contribution is 0.0224. The van der Waals surface area contributed by atoms with Gasteiger partial charge >= 0.3 is 0 Å². The third-order valence-corrected chi connectivity index (χ3v) is 5.45. The van der Waals surface area contributed by atoms with Crippen molar-refractivity contribution in [2.45, 2.75) is 12.8 Å². The molecule has 1 amide bonds.